The molecular weight excluding hydrogens is 187 g/mol. The van der Waals surface area contributed by atoms with Crippen LogP contribution in [0.5, 0.6) is 0 Å². The van der Waals surface area contributed by atoms with Gasteiger partial charge in [0.15, 0.2) is 0 Å². The van der Waals surface area contributed by atoms with Crippen LogP contribution in [0.2, 0.25) is 5.28 Å². The normalized spacial score (nSPS) is 7.92. The molecule has 0 N–H and O–H groups in total. The molecule has 5 heteroatoms. The Balaban J connectivity index is 0. The van der Waals surface area contributed by atoms with Crippen LogP contribution in [0.3, 0.4) is 0 Å². The number of carbonyl (C=O) groups excluding carboxylic acids is 2. The van der Waals surface area contributed by atoms with Gasteiger partial charge in [-0.05, 0) is 6.92 Å². The van der Waals surface area contributed by atoms with Crippen LogP contribution in [0.25, 0.3) is 0 Å². The fourth-order valence-corrected chi connectivity index (χ4v) is 0.910. The Labute approximate surface area is 85.3 Å². The van der Waals surface area contributed by atoms with Crippen molar-refractivity contribution in [2.24, 2.45) is 0 Å². The van der Waals surface area contributed by atoms with E-state index in [0.29, 0.717) is 15.6 Å². The molecule has 0 radical (unpaired) electrons. The van der Waals surface area contributed by atoms with E-state index in [1.165, 1.54) is 12.2 Å². The van der Waals surface area contributed by atoms with Gasteiger partial charge < -0.3 is 9.90 Å². The Morgan fingerprint density at radius 2 is 1.92 bits per heavy atom. The summed E-state index contributed by atoms with van der Waals surface area (Å²) in [5, 5.41) is 10.7. The molecule has 74 valence electrons. The summed E-state index contributed by atoms with van der Waals surface area (Å²) in [5.74, 6) is -1.69. The molecule has 0 saturated heterocycles. The number of hydrogen-bond acceptors (Lipinski definition) is 4. The molecule has 0 spiro atoms. The van der Waals surface area contributed by atoms with Gasteiger partial charge in [0.05, 0.1) is 0 Å². The van der Waals surface area contributed by atoms with Crippen molar-refractivity contribution >= 4 is 27.3 Å². The van der Waals surface area contributed by atoms with Crippen LogP contribution in [0.4, 0.5) is 0 Å². The molecule has 0 bridgehead atoms. The number of Topliss-reactive ketones (excluding diaryl/α,β-unsaturated/α-hetero) is 1. The number of hydrogen-bond donors (Lipinski definition) is 0. The molecule has 0 fully saturated rings. The molecule has 0 aromatic rings. The van der Waals surface area contributed by atoms with E-state index in [9.17, 15) is 14.7 Å². The van der Waals surface area contributed by atoms with Crippen molar-refractivity contribution in [3.63, 3.8) is 0 Å². The summed E-state index contributed by atoms with van der Waals surface area (Å²) in [6.07, 6.45) is -0.472. The third kappa shape index (κ3) is 24.5. The number of rotatable bonds is 5. The first-order valence-corrected chi connectivity index (χ1v) is 5.45. The number of carbonyl (C=O) groups is 2. The van der Waals surface area contributed by atoms with Crippen LogP contribution >= 0.6 is 0 Å². The topological polar surface area (TPSA) is 66.4 Å². The summed E-state index contributed by atoms with van der Waals surface area (Å²) < 4.78 is 5.07. The molecule has 4 nitrogen and oxygen atoms in total. The zero-order valence-corrected chi connectivity index (χ0v) is 9.49. The molecule has 0 aromatic carbocycles. The monoisotopic (exact) mass is 202 g/mol. The van der Waals surface area contributed by atoms with Gasteiger partial charge in [-0.2, -0.15) is 0 Å². The molecule has 0 aliphatic carbocycles. The molecular formula is C8H15AlO4. The standard InChI is InChI=1S/C4H6O3.C2H5O.C2H5.Al/c1-3(5)2-4(6)7;1-2-3;1-2;/h2H2,1H3,(H,6,7);2H2,1H3;1H2,2H3;/q;-1;;+2/p-1. The first-order valence-electron chi connectivity index (χ1n) is 4.17. The maximum atomic E-state index is 9.83. The van der Waals surface area contributed by atoms with E-state index in [0.717, 1.165) is 6.61 Å². The SMILES string of the molecule is CC(=O)CC(=O)[O-].CC[O][Al+][CH2]C. The summed E-state index contributed by atoms with van der Waals surface area (Å²) in [6, 6.07) is 0. The molecule has 0 rings (SSSR count). The number of ketones is 1. The van der Waals surface area contributed by atoms with Gasteiger partial charge in [0.1, 0.15) is 5.78 Å². The van der Waals surface area contributed by atoms with Crippen molar-refractivity contribution in [1.29, 1.82) is 0 Å². The molecule has 0 amide bonds. The van der Waals surface area contributed by atoms with E-state index < -0.39 is 12.4 Å². The number of aliphatic carboxylic acids is 1. The van der Waals surface area contributed by atoms with Crippen molar-refractivity contribution in [2.75, 3.05) is 6.61 Å². The van der Waals surface area contributed by atoms with Gasteiger partial charge in [0.2, 0.25) is 0 Å². The first-order chi connectivity index (χ1) is 6.04. The minimum absolute atomic E-state index is 0.318. The third-order valence-electron chi connectivity index (χ3n) is 0.844. The second-order valence-electron chi connectivity index (χ2n) is 2.28. The summed E-state index contributed by atoms with van der Waals surface area (Å²) in [6.45, 7) is 6.27. The van der Waals surface area contributed by atoms with Crippen LogP contribution in [-0.4, -0.2) is 33.9 Å². The number of carboxylic acid groups (broad SMARTS) is 1. The minimum atomic E-state index is -1.31. The molecule has 0 aromatic heterocycles. The zero-order valence-electron chi connectivity index (χ0n) is 8.33. The quantitative estimate of drug-likeness (QED) is 0.351. The summed E-state index contributed by atoms with van der Waals surface area (Å²) in [7, 11) is 0. The third-order valence-corrected chi connectivity index (χ3v) is 1.75. The molecule has 0 aliphatic rings. The van der Waals surface area contributed by atoms with Gasteiger partial charge in [-0.15, -0.1) is 0 Å². The molecule has 0 unspecified atom stereocenters. The second kappa shape index (κ2) is 11.6. The molecule has 0 heterocycles. The van der Waals surface area contributed by atoms with Gasteiger partial charge in [0.25, 0.3) is 0 Å². The van der Waals surface area contributed by atoms with Gasteiger partial charge in [0, 0.05) is 12.4 Å². The molecule has 13 heavy (non-hydrogen) atoms. The summed E-state index contributed by atoms with van der Waals surface area (Å²) >= 11 is 0.318. The van der Waals surface area contributed by atoms with E-state index in [4.69, 9.17) is 3.79 Å². The van der Waals surface area contributed by atoms with Crippen molar-refractivity contribution < 1.29 is 18.5 Å². The Kier molecular flexibility index (Phi) is 13.5. The van der Waals surface area contributed by atoms with Gasteiger partial charge in [-0.3, -0.25) is 4.79 Å². The van der Waals surface area contributed by atoms with E-state index in [-0.39, 0.29) is 5.78 Å². The van der Waals surface area contributed by atoms with Crippen molar-refractivity contribution in [3.8, 4) is 0 Å². The first kappa shape index (κ1) is 15.1. The fraction of sp³-hybridized carbons (Fsp3) is 0.750. The second-order valence-corrected chi connectivity index (χ2v) is 3.76. The Morgan fingerprint density at radius 3 is 2.00 bits per heavy atom. The van der Waals surface area contributed by atoms with Crippen LogP contribution < -0.4 is 5.11 Å². The average Bonchev–Trinajstić information content (AvgIpc) is 1.99. The van der Waals surface area contributed by atoms with Crippen molar-refractivity contribution in [2.45, 2.75) is 32.5 Å². The predicted molar refractivity (Wildman–Crippen MR) is 48.2 cm³/mol. The van der Waals surface area contributed by atoms with E-state index >= 15 is 0 Å². The van der Waals surface area contributed by atoms with Gasteiger partial charge in [-0.25, -0.2) is 0 Å². The fourth-order valence-electron chi connectivity index (χ4n) is 0.439. The molecule has 0 aliphatic heterocycles. The van der Waals surface area contributed by atoms with E-state index in [1.54, 1.807) is 0 Å². The number of carboxylic acids is 1. The zero-order chi connectivity index (χ0) is 10.7. The van der Waals surface area contributed by atoms with Crippen LogP contribution in [0, 0.1) is 0 Å². The summed E-state index contributed by atoms with van der Waals surface area (Å²) in [4.78, 5) is 19.3. The van der Waals surface area contributed by atoms with E-state index in [1.807, 2.05) is 6.92 Å². The van der Waals surface area contributed by atoms with Gasteiger partial charge in [-0.1, -0.05) is 0 Å². The van der Waals surface area contributed by atoms with Crippen LogP contribution in [-0.2, 0) is 13.4 Å². The predicted octanol–water partition coefficient (Wildman–Crippen LogP) is -0.204. The van der Waals surface area contributed by atoms with Crippen molar-refractivity contribution in [3.05, 3.63) is 0 Å². The average molecular weight is 202 g/mol. The summed E-state index contributed by atoms with van der Waals surface area (Å²) in [5.41, 5.74) is 0. The maximum absolute atomic E-state index is 9.83. The van der Waals surface area contributed by atoms with Crippen LogP contribution in [0.15, 0.2) is 0 Å². The van der Waals surface area contributed by atoms with Gasteiger partial charge >= 0.3 is 45.1 Å². The molecule has 0 atom stereocenters. The van der Waals surface area contributed by atoms with Crippen molar-refractivity contribution in [1.82, 2.24) is 0 Å². The van der Waals surface area contributed by atoms with E-state index in [2.05, 4.69) is 6.92 Å². The Bertz CT molecular complexity index is 131. The Morgan fingerprint density at radius 1 is 1.38 bits per heavy atom. The van der Waals surface area contributed by atoms with Crippen LogP contribution in [0.1, 0.15) is 27.2 Å². The Hall–Kier alpha value is -0.368. The molecule has 0 saturated carbocycles.